The van der Waals surface area contributed by atoms with E-state index in [4.69, 9.17) is 9.47 Å². The summed E-state index contributed by atoms with van der Waals surface area (Å²) >= 11 is 0. The van der Waals surface area contributed by atoms with Crippen molar-refractivity contribution in [1.82, 2.24) is 9.78 Å². The second kappa shape index (κ2) is 8.18. The lowest BCUT2D eigenvalue weighted by atomic mass is 10.0. The Hall–Kier alpha value is -2.61. The Morgan fingerprint density at radius 3 is 2.92 bits per heavy atom. The van der Waals surface area contributed by atoms with Crippen LogP contribution in [-0.4, -0.2) is 48.6 Å². The number of carbonyl (C=O) groups excluding carboxylic acids is 1. The molecule has 140 valence electrons. The molecule has 1 saturated heterocycles. The van der Waals surface area contributed by atoms with Crippen LogP contribution in [0.4, 0.5) is 15.9 Å². The number of piperidine rings is 1. The van der Waals surface area contributed by atoms with Crippen molar-refractivity contribution < 1.29 is 18.7 Å². The molecule has 1 N–H and O–H groups in total. The van der Waals surface area contributed by atoms with Crippen molar-refractivity contribution >= 4 is 17.4 Å². The molecule has 1 fully saturated rings. The third kappa shape index (κ3) is 4.13. The van der Waals surface area contributed by atoms with Crippen LogP contribution in [-0.2, 0) is 16.6 Å². The van der Waals surface area contributed by atoms with Crippen molar-refractivity contribution in [3.63, 3.8) is 0 Å². The number of hydrogen-bond donors (Lipinski definition) is 1. The monoisotopic (exact) mass is 362 g/mol. The van der Waals surface area contributed by atoms with Crippen LogP contribution in [0.15, 0.2) is 30.5 Å². The fourth-order valence-electron chi connectivity index (χ4n) is 2.95. The van der Waals surface area contributed by atoms with E-state index in [-0.39, 0.29) is 5.91 Å². The first-order valence-corrected chi connectivity index (χ1v) is 8.57. The molecule has 3 rings (SSSR count). The Balaban J connectivity index is 1.75. The number of nitrogens with zero attached hydrogens (tertiary/aromatic N) is 3. The summed E-state index contributed by atoms with van der Waals surface area (Å²) in [5, 5.41) is 7.45. The van der Waals surface area contributed by atoms with Crippen LogP contribution in [0.2, 0.25) is 0 Å². The zero-order valence-corrected chi connectivity index (χ0v) is 14.9. The standard InChI is InChI=1S/C18H23FN4O3/c1-22-9-7-17(21-22)23-8-3-4-14(18(23)24)20-15-12-13(19)5-6-16(15)26-11-10-25-2/h5-7,9,12,14,20H,3-4,8,10-11H2,1-2H3/t14-/m0/s1. The lowest BCUT2D eigenvalue weighted by Gasteiger charge is -2.32. The van der Waals surface area contributed by atoms with Crippen LogP contribution < -0.4 is 15.0 Å². The van der Waals surface area contributed by atoms with E-state index in [1.54, 1.807) is 29.0 Å². The zero-order chi connectivity index (χ0) is 18.5. The normalized spacial score (nSPS) is 17.4. The zero-order valence-electron chi connectivity index (χ0n) is 14.9. The van der Waals surface area contributed by atoms with Crippen LogP contribution in [0.3, 0.4) is 0 Å². The largest absolute Gasteiger partial charge is 0.489 e. The van der Waals surface area contributed by atoms with Gasteiger partial charge in [-0.1, -0.05) is 0 Å². The van der Waals surface area contributed by atoms with Gasteiger partial charge in [0.2, 0.25) is 0 Å². The molecule has 0 bridgehead atoms. The molecule has 1 aromatic heterocycles. The molecule has 0 radical (unpaired) electrons. The highest BCUT2D eigenvalue weighted by atomic mass is 19.1. The highest BCUT2D eigenvalue weighted by molar-refractivity contribution is 5.98. The van der Waals surface area contributed by atoms with Crippen molar-refractivity contribution in [2.24, 2.45) is 7.05 Å². The quantitative estimate of drug-likeness (QED) is 0.765. The van der Waals surface area contributed by atoms with Crippen LogP contribution in [0.5, 0.6) is 5.75 Å². The molecular weight excluding hydrogens is 339 g/mol. The first kappa shape index (κ1) is 18.2. The van der Waals surface area contributed by atoms with Crippen LogP contribution in [0.25, 0.3) is 0 Å². The first-order valence-electron chi connectivity index (χ1n) is 8.57. The molecule has 0 saturated carbocycles. The van der Waals surface area contributed by atoms with Gasteiger partial charge in [-0.3, -0.25) is 14.4 Å². The minimum atomic E-state index is -0.461. The van der Waals surface area contributed by atoms with Gasteiger partial charge in [0.25, 0.3) is 5.91 Å². The average molecular weight is 362 g/mol. The van der Waals surface area contributed by atoms with Gasteiger partial charge in [-0.2, -0.15) is 5.10 Å². The molecule has 0 unspecified atom stereocenters. The highest BCUT2D eigenvalue weighted by Crippen LogP contribution is 2.29. The number of anilines is 2. The Kier molecular flexibility index (Phi) is 5.72. The molecule has 1 aromatic carbocycles. The maximum atomic E-state index is 13.7. The highest BCUT2D eigenvalue weighted by Gasteiger charge is 2.31. The number of hydrogen-bond acceptors (Lipinski definition) is 5. The number of ether oxygens (including phenoxy) is 2. The molecule has 1 aliphatic rings. The SMILES string of the molecule is COCCOc1ccc(F)cc1N[C@H]1CCCN(c2ccn(C)n2)C1=O. The Labute approximate surface area is 151 Å². The lowest BCUT2D eigenvalue weighted by molar-refractivity contribution is -0.120. The van der Waals surface area contributed by atoms with Crippen LogP contribution >= 0.6 is 0 Å². The Morgan fingerprint density at radius 1 is 1.35 bits per heavy atom. The Bertz CT molecular complexity index is 765. The summed E-state index contributed by atoms with van der Waals surface area (Å²) in [5.74, 6) is 0.643. The molecule has 1 atom stereocenters. The predicted octanol–water partition coefficient (Wildman–Crippen LogP) is 2.19. The number of aryl methyl sites for hydroxylation is 1. The second-order valence-electron chi connectivity index (χ2n) is 6.16. The number of halogens is 1. The lowest BCUT2D eigenvalue weighted by Crippen LogP contribution is -2.48. The van der Waals surface area contributed by atoms with Crippen molar-refractivity contribution in [2.75, 3.05) is 37.1 Å². The molecule has 8 heteroatoms. The van der Waals surface area contributed by atoms with Gasteiger partial charge in [0.1, 0.15) is 24.2 Å². The van der Waals surface area contributed by atoms with E-state index >= 15 is 0 Å². The maximum Gasteiger partial charge on any atom is 0.250 e. The number of rotatable bonds is 7. The Morgan fingerprint density at radius 2 is 2.19 bits per heavy atom. The fraction of sp³-hybridized carbons (Fsp3) is 0.444. The molecule has 1 aliphatic heterocycles. The summed E-state index contributed by atoms with van der Waals surface area (Å²) in [6, 6.07) is 5.57. The van der Waals surface area contributed by atoms with Gasteiger partial charge >= 0.3 is 0 Å². The third-order valence-electron chi connectivity index (χ3n) is 4.23. The molecule has 2 aromatic rings. The van der Waals surface area contributed by atoms with Gasteiger partial charge in [-0.25, -0.2) is 4.39 Å². The molecule has 7 nitrogen and oxygen atoms in total. The number of aromatic nitrogens is 2. The van der Waals surface area contributed by atoms with E-state index in [9.17, 15) is 9.18 Å². The summed E-state index contributed by atoms with van der Waals surface area (Å²) in [6.07, 6.45) is 3.29. The van der Waals surface area contributed by atoms with Gasteiger partial charge in [0.05, 0.1) is 12.3 Å². The summed E-state index contributed by atoms with van der Waals surface area (Å²) in [6.45, 7) is 1.39. The van der Waals surface area contributed by atoms with Crippen molar-refractivity contribution in [3.05, 3.63) is 36.3 Å². The second-order valence-corrected chi connectivity index (χ2v) is 6.16. The smallest absolute Gasteiger partial charge is 0.250 e. The van der Waals surface area contributed by atoms with Gasteiger partial charge in [0, 0.05) is 39.0 Å². The summed E-state index contributed by atoms with van der Waals surface area (Å²) in [7, 11) is 3.39. The fourth-order valence-corrected chi connectivity index (χ4v) is 2.95. The van der Waals surface area contributed by atoms with Crippen LogP contribution in [0, 0.1) is 5.82 Å². The minimum Gasteiger partial charge on any atom is -0.489 e. The summed E-state index contributed by atoms with van der Waals surface area (Å²) in [4.78, 5) is 14.5. The van der Waals surface area contributed by atoms with Gasteiger partial charge in [-0.05, 0) is 25.0 Å². The maximum absolute atomic E-state index is 13.7. The van der Waals surface area contributed by atoms with Gasteiger partial charge < -0.3 is 14.8 Å². The third-order valence-corrected chi connectivity index (χ3v) is 4.23. The van der Waals surface area contributed by atoms with Crippen molar-refractivity contribution in [2.45, 2.75) is 18.9 Å². The average Bonchev–Trinajstić information content (AvgIpc) is 3.05. The van der Waals surface area contributed by atoms with E-state index < -0.39 is 11.9 Å². The number of benzene rings is 1. The molecule has 0 spiro atoms. The van der Waals surface area contributed by atoms with Crippen molar-refractivity contribution in [3.8, 4) is 5.75 Å². The van der Waals surface area contributed by atoms with Gasteiger partial charge in [-0.15, -0.1) is 0 Å². The summed E-state index contributed by atoms with van der Waals surface area (Å²) < 4.78 is 26.0. The summed E-state index contributed by atoms with van der Waals surface area (Å²) in [5.41, 5.74) is 0.460. The number of amides is 1. The van der Waals surface area contributed by atoms with E-state index in [2.05, 4.69) is 10.4 Å². The van der Waals surface area contributed by atoms with E-state index in [0.717, 1.165) is 6.42 Å². The van der Waals surface area contributed by atoms with Crippen LogP contribution in [0.1, 0.15) is 12.8 Å². The molecule has 2 heterocycles. The van der Waals surface area contributed by atoms with Crippen molar-refractivity contribution in [1.29, 1.82) is 0 Å². The number of methoxy groups -OCH3 is 1. The first-order chi connectivity index (χ1) is 12.6. The predicted molar refractivity (Wildman–Crippen MR) is 96.0 cm³/mol. The topological polar surface area (TPSA) is 68.6 Å². The molecule has 0 aliphatic carbocycles. The minimum absolute atomic E-state index is 0.0814. The number of nitrogens with one attached hydrogen (secondary N) is 1. The van der Waals surface area contributed by atoms with E-state index in [1.807, 2.05) is 13.1 Å². The molecule has 26 heavy (non-hydrogen) atoms. The molecular formula is C18H23FN4O3. The van der Waals surface area contributed by atoms with E-state index in [1.165, 1.54) is 12.1 Å². The number of carbonyl (C=O) groups is 1. The van der Waals surface area contributed by atoms with E-state index in [0.29, 0.717) is 43.4 Å². The van der Waals surface area contributed by atoms with Gasteiger partial charge in [0.15, 0.2) is 5.82 Å². The molecule has 1 amide bonds.